The van der Waals surface area contributed by atoms with Crippen molar-refractivity contribution in [3.8, 4) is 33.4 Å². The Morgan fingerprint density at radius 3 is 1.65 bits per heavy atom. The smallest absolute Gasteiger partial charge is 0.0964 e. The summed E-state index contributed by atoms with van der Waals surface area (Å²) < 4.78 is 0. The van der Waals surface area contributed by atoms with E-state index in [0.717, 1.165) is 71.2 Å². The quantitative estimate of drug-likeness (QED) is 0.170. The van der Waals surface area contributed by atoms with E-state index in [-0.39, 0.29) is 11.8 Å². The van der Waals surface area contributed by atoms with Crippen molar-refractivity contribution >= 4 is 66.8 Å². The molecule has 0 fully saturated rings. The van der Waals surface area contributed by atoms with E-state index >= 15 is 0 Å². The molecule has 0 aliphatic heterocycles. The second kappa shape index (κ2) is 13.8. The van der Waals surface area contributed by atoms with Crippen molar-refractivity contribution in [2.75, 3.05) is 0 Å². The third kappa shape index (κ3) is 5.38. The maximum absolute atomic E-state index is 7.20. The number of aromatic amines is 2. The van der Waals surface area contributed by atoms with Gasteiger partial charge in [0.15, 0.2) is 0 Å². The number of pyridine rings is 2. The van der Waals surface area contributed by atoms with Gasteiger partial charge in [0.25, 0.3) is 0 Å². The van der Waals surface area contributed by atoms with Crippen LogP contribution < -0.4 is 0 Å². The molecule has 0 bridgehead atoms. The van der Waals surface area contributed by atoms with Gasteiger partial charge in [0, 0.05) is 83.2 Å². The second-order valence-corrected chi connectivity index (χ2v) is 16.5. The number of rotatable bonds is 5. The lowest BCUT2D eigenvalue weighted by Gasteiger charge is -2.31. The highest BCUT2D eigenvalue weighted by molar-refractivity contribution is 6.34. The summed E-state index contributed by atoms with van der Waals surface area (Å²) in [6, 6.07) is 59.8. The molecular formula is C54H34Cl2N4. The van der Waals surface area contributed by atoms with Crippen LogP contribution in [0.5, 0.6) is 0 Å². The van der Waals surface area contributed by atoms with Gasteiger partial charge in [-0.15, -0.1) is 0 Å². The molecule has 284 valence electrons. The number of hydrogen-bond donors (Lipinski definition) is 2. The minimum Gasteiger partial charge on any atom is -0.357 e. The van der Waals surface area contributed by atoms with Crippen molar-refractivity contribution in [2.45, 2.75) is 11.8 Å². The largest absolute Gasteiger partial charge is 0.357 e. The van der Waals surface area contributed by atoms with Crippen LogP contribution in [0.2, 0.25) is 10.0 Å². The standard InChI is InChI=1S/C54H34Cl2N4/c55-43-22-8-7-17-37(43)38-18-9-20-40-47-45(31-12-3-1-4-13-31)54-48(46(53(47)59-51(38)40)32-14-5-2-6-15-32)41-21-10-19-39(52(41)60-54)42-29-34(25-26-44(42)56)36-28-35-24-23-33-16-11-27-57-49(33)50(35)58-30-36/h1-30,45-46,59-60H. The molecule has 0 saturated carbocycles. The molecule has 4 heterocycles. The summed E-state index contributed by atoms with van der Waals surface area (Å²) in [5, 5.41) is 5.89. The Hall–Kier alpha value is -6.98. The molecule has 12 rings (SSSR count). The normalized spacial score (nSPS) is 14.8. The first-order valence-electron chi connectivity index (χ1n) is 20.2. The highest BCUT2D eigenvalue weighted by Crippen LogP contribution is 2.54. The molecule has 1 aliphatic carbocycles. The van der Waals surface area contributed by atoms with Gasteiger partial charge in [0.05, 0.1) is 33.9 Å². The molecule has 4 aromatic heterocycles. The maximum atomic E-state index is 7.20. The Kier molecular flexibility index (Phi) is 8.06. The average Bonchev–Trinajstić information content (AvgIpc) is 3.88. The van der Waals surface area contributed by atoms with Crippen LogP contribution in [-0.2, 0) is 0 Å². The number of H-pyrrole nitrogens is 2. The molecule has 11 aromatic rings. The summed E-state index contributed by atoms with van der Waals surface area (Å²) in [6.45, 7) is 0. The van der Waals surface area contributed by atoms with Crippen LogP contribution in [0.15, 0.2) is 182 Å². The molecule has 0 spiro atoms. The second-order valence-electron chi connectivity index (χ2n) is 15.7. The van der Waals surface area contributed by atoms with Crippen molar-refractivity contribution in [1.29, 1.82) is 0 Å². The number of hydrogen-bond acceptors (Lipinski definition) is 2. The fraction of sp³-hybridized carbons (Fsp3) is 0.0370. The van der Waals surface area contributed by atoms with Crippen molar-refractivity contribution < 1.29 is 0 Å². The topological polar surface area (TPSA) is 57.4 Å². The van der Waals surface area contributed by atoms with E-state index in [4.69, 9.17) is 28.2 Å². The van der Waals surface area contributed by atoms with E-state index in [2.05, 4.69) is 161 Å². The fourth-order valence-electron chi connectivity index (χ4n) is 9.77. The summed E-state index contributed by atoms with van der Waals surface area (Å²) in [7, 11) is 0. The number of nitrogens with one attached hydrogen (secondary N) is 2. The molecule has 2 N–H and O–H groups in total. The summed E-state index contributed by atoms with van der Waals surface area (Å²) in [5.74, 6) is -0.162. The van der Waals surface area contributed by atoms with Crippen LogP contribution in [0.1, 0.15) is 45.5 Å². The predicted molar refractivity (Wildman–Crippen MR) is 248 cm³/mol. The van der Waals surface area contributed by atoms with Gasteiger partial charge in [0.1, 0.15) is 0 Å². The van der Waals surface area contributed by atoms with Crippen molar-refractivity contribution in [2.24, 2.45) is 0 Å². The lowest BCUT2D eigenvalue weighted by atomic mass is 9.72. The van der Waals surface area contributed by atoms with Gasteiger partial charge < -0.3 is 9.97 Å². The SMILES string of the molecule is Clc1ccccc1-c1cccc2c3c([nH]c12)C(c1ccccc1)c1c([nH]c2c(-c4cc(-c5cnc6c(ccc7cccnc76)c5)ccc4Cl)cccc12)C3c1ccccc1. The fourth-order valence-corrected chi connectivity index (χ4v) is 10.2. The summed E-state index contributed by atoms with van der Waals surface area (Å²) >= 11 is 14.1. The maximum Gasteiger partial charge on any atom is 0.0964 e. The number of para-hydroxylation sites is 2. The Bertz CT molecular complexity index is 3440. The minimum atomic E-state index is -0.0808. The molecular weight excluding hydrogens is 776 g/mol. The number of fused-ring (bicyclic) bond motifs is 9. The van der Waals surface area contributed by atoms with E-state index in [1.165, 1.54) is 44.4 Å². The van der Waals surface area contributed by atoms with Crippen molar-refractivity contribution in [3.05, 3.63) is 226 Å². The Labute approximate surface area is 356 Å². The number of benzene rings is 7. The summed E-state index contributed by atoms with van der Waals surface area (Å²) in [6.07, 6.45) is 3.77. The van der Waals surface area contributed by atoms with Gasteiger partial charge in [0.2, 0.25) is 0 Å². The molecule has 0 amide bonds. The molecule has 0 radical (unpaired) electrons. The zero-order chi connectivity index (χ0) is 39.9. The van der Waals surface area contributed by atoms with Crippen molar-refractivity contribution in [3.63, 3.8) is 0 Å². The Morgan fingerprint density at radius 2 is 0.983 bits per heavy atom. The van der Waals surface area contributed by atoms with Crippen LogP contribution in [0.3, 0.4) is 0 Å². The van der Waals surface area contributed by atoms with Gasteiger partial charge in [-0.2, -0.15) is 0 Å². The number of aromatic nitrogens is 4. The average molecular weight is 810 g/mol. The van der Waals surface area contributed by atoms with E-state index in [1.54, 1.807) is 0 Å². The first-order valence-corrected chi connectivity index (χ1v) is 20.9. The number of nitrogens with zero attached hydrogens (tertiary/aromatic N) is 2. The molecule has 4 nitrogen and oxygen atoms in total. The molecule has 0 saturated heterocycles. The first-order chi connectivity index (χ1) is 29.6. The summed E-state index contributed by atoms with van der Waals surface area (Å²) in [4.78, 5) is 17.7. The minimum absolute atomic E-state index is 0.0808. The lowest BCUT2D eigenvalue weighted by Crippen LogP contribution is -2.19. The van der Waals surface area contributed by atoms with E-state index in [0.29, 0.717) is 5.02 Å². The lowest BCUT2D eigenvalue weighted by molar-refractivity contribution is 0.801. The molecule has 2 unspecified atom stereocenters. The van der Waals surface area contributed by atoms with Crippen LogP contribution in [0.25, 0.3) is 77.0 Å². The third-order valence-electron chi connectivity index (χ3n) is 12.4. The van der Waals surface area contributed by atoms with Crippen LogP contribution >= 0.6 is 23.2 Å². The van der Waals surface area contributed by atoms with Crippen LogP contribution in [-0.4, -0.2) is 19.9 Å². The Morgan fingerprint density at radius 1 is 0.417 bits per heavy atom. The molecule has 1 aliphatic rings. The van der Waals surface area contributed by atoms with Gasteiger partial charge >= 0.3 is 0 Å². The van der Waals surface area contributed by atoms with E-state index in [9.17, 15) is 0 Å². The van der Waals surface area contributed by atoms with Crippen LogP contribution in [0.4, 0.5) is 0 Å². The van der Waals surface area contributed by atoms with Gasteiger partial charge in [-0.05, 0) is 58.1 Å². The molecule has 2 atom stereocenters. The first kappa shape index (κ1) is 35.0. The third-order valence-corrected chi connectivity index (χ3v) is 13.1. The molecule has 6 heteroatoms. The van der Waals surface area contributed by atoms with E-state index < -0.39 is 0 Å². The number of halogens is 2. The monoisotopic (exact) mass is 808 g/mol. The van der Waals surface area contributed by atoms with Gasteiger partial charge in [-0.1, -0.05) is 163 Å². The zero-order valence-electron chi connectivity index (χ0n) is 32.1. The van der Waals surface area contributed by atoms with Gasteiger partial charge in [-0.3, -0.25) is 9.97 Å². The molecule has 60 heavy (non-hydrogen) atoms. The highest BCUT2D eigenvalue weighted by Gasteiger charge is 2.40. The van der Waals surface area contributed by atoms with Crippen molar-refractivity contribution in [1.82, 2.24) is 19.9 Å². The predicted octanol–water partition coefficient (Wildman–Crippen LogP) is 14.7. The highest BCUT2D eigenvalue weighted by atomic mass is 35.5. The molecule has 7 aromatic carbocycles. The van der Waals surface area contributed by atoms with Gasteiger partial charge in [-0.25, -0.2) is 0 Å². The zero-order valence-corrected chi connectivity index (χ0v) is 33.6. The van der Waals surface area contributed by atoms with E-state index in [1.807, 2.05) is 36.7 Å². The van der Waals surface area contributed by atoms with Crippen LogP contribution in [0, 0.1) is 0 Å². The summed E-state index contributed by atoms with van der Waals surface area (Å²) in [5.41, 5.74) is 17.4. The Balaban J connectivity index is 1.09.